The van der Waals surface area contributed by atoms with E-state index in [0.717, 1.165) is 12.3 Å². The largest absolute Gasteiger partial charge is 0.433 e. The van der Waals surface area contributed by atoms with E-state index in [1.54, 1.807) is 6.92 Å². The van der Waals surface area contributed by atoms with Crippen LogP contribution in [-0.4, -0.2) is 29.5 Å². The number of nitrogen functional groups attached to an aromatic ring is 1. The van der Waals surface area contributed by atoms with Gasteiger partial charge < -0.3 is 11.1 Å². The highest BCUT2D eigenvalue weighted by molar-refractivity contribution is 5.77. The van der Waals surface area contributed by atoms with Crippen LogP contribution in [0.4, 0.5) is 35.1 Å². The number of nitrogens with zero attached hydrogens (tertiary/aromatic N) is 6. The van der Waals surface area contributed by atoms with E-state index >= 15 is 0 Å². The van der Waals surface area contributed by atoms with E-state index in [-0.39, 0.29) is 23.5 Å². The highest BCUT2D eigenvalue weighted by Crippen LogP contribution is 2.28. The number of nitrogens with two attached hydrogens (primary N) is 1. The molecule has 12 heteroatoms. The molecule has 0 spiro atoms. The lowest BCUT2D eigenvalue weighted by atomic mass is 10.3. The van der Waals surface area contributed by atoms with Crippen LogP contribution in [0.3, 0.4) is 0 Å². The Bertz CT molecular complexity index is 1200. The van der Waals surface area contributed by atoms with Gasteiger partial charge in [0.1, 0.15) is 17.3 Å². The molecule has 0 aliphatic carbocycles. The third kappa shape index (κ3) is 3.63. The minimum atomic E-state index is -4.54. The summed E-state index contributed by atoms with van der Waals surface area (Å²) in [4.78, 5) is 19.9. The molecule has 3 N–H and O–H groups in total. The van der Waals surface area contributed by atoms with Gasteiger partial charge in [0.15, 0.2) is 0 Å². The van der Waals surface area contributed by atoms with Gasteiger partial charge >= 0.3 is 6.18 Å². The zero-order chi connectivity index (χ0) is 20.8. The van der Waals surface area contributed by atoms with Crippen LogP contribution in [0.15, 0.2) is 36.5 Å². The maximum absolute atomic E-state index is 13.7. The van der Waals surface area contributed by atoms with Crippen molar-refractivity contribution in [2.75, 3.05) is 11.1 Å². The van der Waals surface area contributed by atoms with Crippen molar-refractivity contribution in [3.8, 4) is 5.95 Å². The van der Waals surface area contributed by atoms with Crippen LogP contribution in [0, 0.1) is 12.7 Å². The number of hydrogen-bond donors (Lipinski definition) is 2. The van der Waals surface area contributed by atoms with E-state index in [4.69, 9.17) is 5.73 Å². The van der Waals surface area contributed by atoms with Crippen molar-refractivity contribution >= 4 is 28.6 Å². The van der Waals surface area contributed by atoms with Crippen LogP contribution < -0.4 is 11.1 Å². The van der Waals surface area contributed by atoms with Gasteiger partial charge in [-0.1, -0.05) is 0 Å². The highest BCUT2D eigenvalue weighted by Gasteiger charge is 2.32. The van der Waals surface area contributed by atoms with Gasteiger partial charge in [-0.25, -0.2) is 14.4 Å². The van der Waals surface area contributed by atoms with Crippen molar-refractivity contribution in [1.82, 2.24) is 29.5 Å². The summed E-state index contributed by atoms with van der Waals surface area (Å²) in [6.07, 6.45) is -3.55. The molecular weight excluding hydrogens is 392 g/mol. The molecule has 0 saturated carbocycles. The standard InChI is InChI=1S/C17H12F4N8/c1-8-24-11-4-2-9(18)6-12(11)29(8)16-27-14(22)26-15(28-16)25-10-3-5-13(23-7-10)17(19,20)21/h2-7H,1H3,(H3,22,25,26,27,28). The number of hydrogen-bond acceptors (Lipinski definition) is 7. The molecule has 0 bridgehead atoms. The number of rotatable bonds is 3. The minimum Gasteiger partial charge on any atom is -0.368 e. The van der Waals surface area contributed by atoms with Gasteiger partial charge in [0.25, 0.3) is 0 Å². The molecule has 8 nitrogen and oxygen atoms in total. The van der Waals surface area contributed by atoms with Crippen molar-refractivity contribution in [3.63, 3.8) is 0 Å². The Hall–Kier alpha value is -3.83. The monoisotopic (exact) mass is 404 g/mol. The topological polar surface area (TPSA) is 107 Å². The molecule has 0 aliphatic heterocycles. The molecule has 0 saturated heterocycles. The summed E-state index contributed by atoms with van der Waals surface area (Å²) in [5, 5.41) is 2.72. The number of aryl methyl sites for hydroxylation is 1. The summed E-state index contributed by atoms with van der Waals surface area (Å²) in [5.41, 5.74) is 5.90. The lowest BCUT2D eigenvalue weighted by Crippen LogP contribution is -2.11. The zero-order valence-corrected chi connectivity index (χ0v) is 14.7. The summed E-state index contributed by atoms with van der Waals surface area (Å²) in [6, 6.07) is 6.09. The second-order valence-corrected chi connectivity index (χ2v) is 6.00. The summed E-state index contributed by atoms with van der Waals surface area (Å²) >= 11 is 0. The number of anilines is 3. The Morgan fingerprint density at radius 3 is 2.52 bits per heavy atom. The third-order valence-corrected chi connectivity index (χ3v) is 3.94. The third-order valence-electron chi connectivity index (χ3n) is 3.94. The number of pyridine rings is 1. The molecule has 0 radical (unpaired) electrons. The first-order valence-corrected chi connectivity index (χ1v) is 8.17. The first-order valence-electron chi connectivity index (χ1n) is 8.17. The molecule has 3 heterocycles. The Kier molecular flexibility index (Phi) is 4.25. The quantitative estimate of drug-likeness (QED) is 0.504. The fraction of sp³-hybridized carbons (Fsp3) is 0.118. The van der Waals surface area contributed by atoms with Gasteiger partial charge in [0.2, 0.25) is 17.8 Å². The van der Waals surface area contributed by atoms with Gasteiger partial charge in [-0.3, -0.25) is 4.57 Å². The van der Waals surface area contributed by atoms with Gasteiger partial charge in [0, 0.05) is 6.07 Å². The van der Waals surface area contributed by atoms with Crippen LogP contribution in [0.2, 0.25) is 0 Å². The molecule has 1 aromatic carbocycles. The Morgan fingerprint density at radius 1 is 1.03 bits per heavy atom. The number of alkyl halides is 3. The van der Waals surface area contributed by atoms with Crippen molar-refractivity contribution in [2.45, 2.75) is 13.1 Å². The summed E-state index contributed by atoms with van der Waals surface area (Å²) in [7, 11) is 0. The lowest BCUT2D eigenvalue weighted by Gasteiger charge is -2.10. The van der Waals surface area contributed by atoms with Crippen LogP contribution in [-0.2, 0) is 6.18 Å². The van der Waals surface area contributed by atoms with Crippen molar-refractivity contribution in [1.29, 1.82) is 0 Å². The lowest BCUT2D eigenvalue weighted by molar-refractivity contribution is -0.141. The molecular formula is C17H12F4N8. The Labute approximate surface area is 160 Å². The predicted molar refractivity (Wildman–Crippen MR) is 96.1 cm³/mol. The summed E-state index contributed by atoms with van der Waals surface area (Å²) < 4.78 is 53.1. The van der Waals surface area contributed by atoms with E-state index < -0.39 is 17.7 Å². The van der Waals surface area contributed by atoms with Gasteiger partial charge in [-0.15, -0.1) is 0 Å². The number of aromatic nitrogens is 6. The fourth-order valence-corrected chi connectivity index (χ4v) is 2.72. The molecule has 148 valence electrons. The zero-order valence-electron chi connectivity index (χ0n) is 14.7. The normalized spacial score (nSPS) is 11.8. The number of nitrogens with one attached hydrogen (secondary N) is 1. The molecule has 0 fully saturated rings. The molecule has 4 rings (SSSR count). The van der Waals surface area contributed by atoms with Crippen LogP contribution in [0.5, 0.6) is 0 Å². The maximum Gasteiger partial charge on any atom is 0.433 e. The summed E-state index contributed by atoms with van der Waals surface area (Å²) in [5.74, 6) is -0.0691. The minimum absolute atomic E-state index is 0.0216. The molecule has 0 unspecified atom stereocenters. The average molecular weight is 404 g/mol. The number of fused-ring (bicyclic) bond motifs is 1. The highest BCUT2D eigenvalue weighted by atomic mass is 19.4. The molecule has 0 aliphatic rings. The first kappa shape index (κ1) is 18.5. The van der Waals surface area contributed by atoms with Gasteiger partial charge in [-0.2, -0.15) is 28.1 Å². The molecule has 0 amide bonds. The molecule has 29 heavy (non-hydrogen) atoms. The number of halogens is 4. The van der Waals surface area contributed by atoms with E-state index in [1.165, 1.54) is 28.8 Å². The van der Waals surface area contributed by atoms with E-state index in [1.807, 2.05) is 0 Å². The van der Waals surface area contributed by atoms with Crippen molar-refractivity contribution in [2.24, 2.45) is 0 Å². The van der Waals surface area contributed by atoms with Crippen LogP contribution in [0.25, 0.3) is 17.0 Å². The van der Waals surface area contributed by atoms with E-state index in [0.29, 0.717) is 16.9 Å². The van der Waals surface area contributed by atoms with Crippen molar-refractivity contribution in [3.05, 3.63) is 53.9 Å². The van der Waals surface area contributed by atoms with Gasteiger partial charge in [-0.05, 0) is 31.2 Å². The molecule has 4 aromatic rings. The fourth-order valence-electron chi connectivity index (χ4n) is 2.72. The van der Waals surface area contributed by atoms with Crippen LogP contribution in [0.1, 0.15) is 11.5 Å². The maximum atomic E-state index is 13.7. The SMILES string of the molecule is Cc1nc2ccc(F)cc2n1-c1nc(N)nc(Nc2ccc(C(F)(F)F)nc2)n1. The smallest absolute Gasteiger partial charge is 0.368 e. The first-order chi connectivity index (χ1) is 13.7. The average Bonchev–Trinajstić information content (AvgIpc) is 2.96. The molecule has 3 aromatic heterocycles. The van der Waals surface area contributed by atoms with E-state index in [2.05, 4.69) is 30.2 Å². The van der Waals surface area contributed by atoms with Crippen LogP contribution >= 0.6 is 0 Å². The second-order valence-electron chi connectivity index (χ2n) is 6.00. The number of benzene rings is 1. The second kappa shape index (κ2) is 6.65. The van der Waals surface area contributed by atoms with E-state index in [9.17, 15) is 17.6 Å². The van der Waals surface area contributed by atoms with Crippen molar-refractivity contribution < 1.29 is 17.6 Å². The summed E-state index contributed by atoms with van der Waals surface area (Å²) in [6.45, 7) is 1.69. The predicted octanol–water partition coefficient (Wildman–Crippen LogP) is 3.40. The number of imidazole rings is 1. The molecule has 0 atom stereocenters. The van der Waals surface area contributed by atoms with Gasteiger partial charge in [0.05, 0.1) is 22.9 Å². The Morgan fingerprint density at radius 2 is 1.83 bits per heavy atom. The Balaban J connectivity index is 1.72.